The van der Waals surface area contributed by atoms with Crippen molar-refractivity contribution in [1.29, 1.82) is 0 Å². The molecule has 28 heavy (non-hydrogen) atoms. The van der Waals surface area contributed by atoms with Crippen LogP contribution in [0.15, 0.2) is 41.6 Å². The second-order valence-corrected chi connectivity index (χ2v) is 7.68. The highest BCUT2D eigenvalue weighted by Gasteiger charge is 2.25. The third-order valence-corrected chi connectivity index (χ3v) is 5.17. The largest absolute Gasteiger partial charge is 0.480 e. The molecular formula is C18H23N3O6S. The van der Waals surface area contributed by atoms with Crippen molar-refractivity contribution < 1.29 is 27.7 Å². The average molecular weight is 409 g/mol. The molecule has 2 rings (SSSR count). The Kier molecular flexibility index (Phi) is 7.30. The number of aliphatic carboxylic acids is 1. The molecule has 3 N–H and O–H groups in total. The average Bonchev–Trinajstić information content (AvgIpc) is 3.08. The molecule has 10 heteroatoms. The molecule has 1 aromatic heterocycles. The van der Waals surface area contributed by atoms with Crippen molar-refractivity contribution in [3.05, 3.63) is 42.2 Å². The van der Waals surface area contributed by atoms with Crippen LogP contribution >= 0.6 is 0 Å². The number of nitrogens with one attached hydrogen (secondary N) is 1. The molecule has 0 saturated heterocycles. The number of carbonyl (C=O) groups excluding carboxylic acids is 1. The first kappa shape index (κ1) is 21.6. The molecule has 0 aliphatic rings. The highest BCUT2D eigenvalue weighted by Crippen LogP contribution is 2.22. The van der Waals surface area contributed by atoms with Gasteiger partial charge in [0.05, 0.1) is 5.56 Å². The molecule has 0 radical (unpaired) electrons. The van der Waals surface area contributed by atoms with Crippen LogP contribution in [0.4, 0.5) is 5.95 Å². The number of carboxylic acid groups (broad SMARTS) is 1. The number of hydrogen-bond donors (Lipinski definition) is 3. The number of rotatable bonds is 10. The lowest BCUT2D eigenvalue weighted by molar-refractivity contribution is -0.141. The molecule has 0 unspecified atom stereocenters. The lowest BCUT2D eigenvalue weighted by Crippen LogP contribution is -2.23. The van der Waals surface area contributed by atoms with Crippen LogP contribution in [0.1, 0.15) is 55.4 Å². The Hall–Kier alpha value is -2.72. The Balaban J connectivity index is 2.24. The van der Waals surface area contributed by atoms with Crippen LogP contribution in [0.25, 0.3) is 0 Å². The number of imidazole rings is 1. The third-order valence-electron chi connectivity index (χ3n) is 4.26. The summed E-state index contributed by atoms with van der Waals surface area (Å²) in [7, 11) is -4.60. The molecule has 0 aliphatic carbocycles. The van der Waals surface area contributed by atoms with Crippen LogP contribution in [0.2, 0.25) is 0 Å². The Labute approximate surface area is 163 Å². The predicted molar refractivity (Wildman–Crippen MR) is 102 cm³/mol. The zero-order chi connectivity index (χ0) is 20.7. The van der Waals surface area contributed by atoms with Crippen molar-refractivity contribution in [3.8, 4) is 0 Å². The molecule has 1 heterocycles. The normalized spacial score (nSPS) is 12.5. The Morgan fingerprint density at radius 2 is 1.93 bits per heavy atom. The number of unbranched alkanes of at least 4 members (excludes halogenated alkanes) is 3. The SMILES string of the molecule is CCCCCC[C@H](C(=O)O)n1ccnc1NC(=O)c1ccccc1S(=O)(=O)O. The summed E-state index contributed by atoms with van der Waals surface area (Å²) in [5.74, 6) is -1.89. The minimum Gasteiger partial charge on any atom is -0.480 e. The second-order valence-electron chi connectivity index (χ2n) is 6.29. The minimum atomic E-state index is -4.60. The monoisotopic (exact) mass is 409 g/mol. The van der Waals surface area contributed by atoms with Crippen LogP contribution in [0.5, 0.6) is 0 Å². The summed E-state index contributed by atoms with van der Waals surface area (Å²) in [6.07, 6.45) is 6.81. The molecule has 0 saturated carbocycles. The van der Waals surface area contributed by atoms with Crippen LogP contribution in [-0.4, -0.2) is 39.5 Å². The number of hydrogen-bond acceptors (Lipinski definition) is 5. The molecule has 2 aromatic rings. The number of anilines is 1. The topological polar surface area (TPSA) is 139 Å². The summed E-state index contributed by atoms with van der Waals surface area (Å²) < 4.78 is 33.6. The first-order chi connectivity index (χ1) is 13.3. The Bertz CT molecular complexity index is 938. The van der Waals surface area contributed by atoms with Crippen LogP contribution in [0, 0.1) is 0 Å². The van der Waals surface area contributed by atoms with Gasteiger partial charge in [0, 0.05) is 12.4 Å². The molecule has 0 spiro atoms. The van der Waals surface area contributed by atoms with Gasteiger partial charge in [-0.25, -0.2) is 9.78 Å². The summed E-state index contributed by atoms with van der Waals surface area (Å²) in [5.41, 5.74) is -0.269. The van der Waals surface area contributed by atoms with Crippen LogP contribution in [-0.2, 0) is 14.9 Å². The molecule has 1 aromatic carbocycles. The van der Waals surface area contributed by atoms with Gasteiger partial charge in [-0.1, -0.05) is 44.7 Å². The van der Waals surface area contributed by atoms with Gasteiger partial charge in [-0.15, -0.1) is 0 Å². The van der Waals surface area contributed by atoms with Crippen LogP contribution in [0.3, 0.4) is 0 Å². The summed E-state index contributed by atoms with van der Waals surface area (Å²) in [4.78, 5) is 27.7. The van der Waals surface area contributed by atoms with Crippen molar-refractivity contribution in [2.75, 3.05) is 5.32 Å². The molecule has 0 fully saturated rings. The van der Waals surface area contributed by atoms with E-state index in [4.69, 9.17) is 0 Å². The standard InChI is InChI=1S/C18H23N3O6S/c1-2-3-4-5-9-14(17(23)24)21-12-11-19-18(21)20-16(22)13-8-6-7-10-15(13)28(25,26)27/h6-8,10-12,14H,2-5,9H2,1H3,(H,23,24)(H,19,20,22)(H,25,26,27)/t14-/m1/s1. The maximum Gasteiger partial charge on any atom is 0.326 e. The van der Waals surface area contributed by atoms with Crippen LogP contribution < -0.4 is 5.32 Å². The molecule has 9 nitrogen and oxygen atoms in total. The Morgan fingerprint density at radius 3 is 2.57 bits per heavy atom. The fourth-order valence-corrected chi connectivity index (χ4v) is 3.54. The van der Waals surface area contributed by atoms with E-state index in [0.717, 1.165) is 25.3 Å². The van der Waals surface area contributed by atoms with E-state index in [1.165, 1.54) is 35.2 Å². The number of carbonyl (C=O) groups is 2. The van der Waals surface area contributed by atoms with Gasteiger partial charge in [-0.05, 0) is 18.6 Å². The highest BCUT2D eigenvalue weighted by molar-refractivity contribution is 7.86. The van der Waals surface area contributed by atoms with E-state index in [1.807, 2.05) is 0 Å². The van der Waals surface area contributed by atoms with Crippen molar-refractivity contribution in [3.63, 3.8) is 0 Å². The van der Waals surface area contributed by atoms with E-state index < -0.39 is 32.9 Å². The van der Waals surface area contributed by atoms with E-state index in [-0.39, 0.29) is 11.5 Å². The van der Waals surface area contributed by atoms with E-state index in [2.05, 4.69) is 17.2 Å². The molecule has 1 atom stereocenters. The fourth-order valence-electron chi connectivity index (χ4n) is 2.86. The molecular weight excluding hydrogens is 386 g/mol. The van der Waals surface area contributed by atoms with E-state index in [0.29, 0.717) is 12.8 Å². The first-order valence-corrected chi connectivity index (χ1v) is 10.3. The van der Waals surface area contributed by atoms with Crippen molar-refractivity contribution >= 4 is 27.9 Å². The van der Waals surface area contributed by atoms with E-state index >= 15 is 0 Å². The van der Waals surface area contributed by atoms with Crippen molar-refractivity contribution in [1.82, 2.24) is 9.55 Å². The molecule has 1 amide bonds. The second kappa shape index (κ2) is 9.47. The zero-order valence-corrected chi connectivity index (χ0v) is 16.2. The smallest absolute Gasteiger partial charge is 0.326 e. The molecule has 0 bridgehead atoms. The van der Waals surface area contributed by atoms with E-state index in [9.17, 15) is 27.7 Å². The third kappa shape index (κ3) is 5.40. The predicted octanol–water partition coefficient (Wildman–Crippen LogP) is 2.98. The van der Waals surface area contributed by atoms with Crippen molar-refractivity contribution in [2.24, 2.45) is 0 Å². The summed E-state index contributed by atoms with van der Waals surface area (Å²) >= 11 is 0. The summed E-state index contributed by atoms with van der Waals surface area (Å²) in [5, 5.41) is 12.0. The van der Waals surface area contributed by atoms with Crippen molar-refractivity contribution in [2.45, 2.75) is 50.0 Å². The van der Waals surface area contributed by atoms with Gasteiger partial charge in [0.2, 0.25) is 5.95 Å². The van der Waals surface area contributed by atoms with Gasteiger partial charge in [0.25, 0.3) is 16.0 Å². The minimum absolute atomic E-state index is 0.0157. The maximum absolute atomic E-state index is 12.5. The van der Waals surface area contributed by atoms with E-state index in [1.54, 1.807) is 0 Å². The molecule has 152 valence electrons. The summed E-state index contributed by atoms with van der Waals surface area (Å²) in [6, 6.07) is 4.25. The van der Waals surface area contributed by atoms with Gasteiger partial charge in [0.15, 0.2) is 0 Å². The number of aromatic nitrogens is 2. The number of carboxylic acids is 1. The maximum atomic E-state index is 12.5. The lowest BCUT2D eigenvalue weighted by Gasteiger charge is -2.17. The highest BCUT2D eigenvalue weighted by atomic mass is 32.2. The fraction of sp³-hybridized carbons (Fsp3) is 0.389. The number of nitrogens with zero attached hydrogens (tertiary/aromatic N) is 2. The molecule has 0 aliphatic heterocycles. The lowest BCUT2D eigenvalue weighted by atomic mass is 10.1. The Morgan fingerprint density at radius 1 is 1.21 bits per heavy atom. The zero-order valence-electron chi connectivity index (χ0n) is 15.4. The summed E-state index contributed by atoms with van der Waals surface area (Å²) in [6.45, 7) is 2.06. The number of benzene rings is 1. The van der Waals surface area contributed by atoms with Gasteiger partial charge >= 0.3 is 5.97 Å². The van der Waals surface area contributed by atoms with Gasteiger partial charge in [-0.3, -0.25) is 14.7 Å². The first-order valence-electron chi connectivity index (χ1n) is 8.89. The van der Waals surface area contributed by atoms with Gasteiger partial charge < -0.3 is 9.67 Å². The quantitative estimate of drug-likeness (QED) is 0.405. The van der Waals surface area contributed by atoms with Gasteiger partial charge in [0.1, 0.15) is 10.9 Å². The number of amides is 1. The van der Waals surface area contributed by atoms with Gasteiger partial charge in [-0.2, -0.15) is 8.42 Å².